The van der Waals surface area contributed by atoms with E-state index in [4.69, 9.17) is 0 Å². The van der Waals surface area contributed by atoms with E-state index >= 15 is 0 Å². The maximum absolute atomic E-state index is 12.3. The first-order chi connectivity index (χ1) is 24.2. The molecule has 3 N–H and O–H groups in total. The highest BCUT2D eigenvalue weighted by molar-refractivity contribution is 5.76. The van der Waals surface area contributed by atoms with E-state index in [0.29, 0.717) is 6.42 Å². The van der Waals surface area contributed by atoms with Gasteiger partial charge in [-0.15, -0.1) is 0 Å². The van der Waals surface area contributed by atoms with E-state index in [9.17, 15) is 15.0 Å². The van der Waals surface area contributed by atoms with Crippen LogP contribution in [0.5, 0.6) is 0 Å². The van der Waals surface area contributed by atoms with Crippen molar-refractivity contribution in [3.63, 3.8) is 0 Å². The number of rotatable bonds is 36. The second-order valence-electron chi connectivity index (χ2n) is 13.7. The highest BCUT2D eigenvalue weighted by Crippen LogP contribution is 2.13. The van der Waals surface area contributed by atoms with Gasteiger partial charge in [-0.3, -0.25) is 4.79 Å². The zero-order chi connectivity index (χ0) is 35.7. The number of hydrogen-bond donors (Lipinski definition) is 3. The first kappa shape index (κ1) is 46.8. The SMILES string of the molecule is CC/C=C\C/C=C\C/C=C\C/C=C\C/C=C\CCCCCCCCCCCCCC(=O)NC(CO)C(O)/C=C/CCCCCCCCCC. The molecule has 0 spiro atoms. The number of unbranched alkanes of at least 4 members (excludes halogenated alkanes) is 19. The van der Waals surface area contributed by atoms with Crippen molar-refractivity contribution in [3.05, 3.63) is 72.9 Å². The van der Waals surface area contributed by atoms with Gasteiger partial charge in [0.1, 0.15) is 0 Å². The number of carbonyl (C=O) groups is 1. The molecule has 0 aliphatic carbocycles. The van der Waals surface area contributed by atoms with Crippen LogP contribution in [0.1, 0.15) is 187 Å². The summed E-state index contributed by atoms with van der Waals surface area (Å²) in [5.41, 5.74) is 0. The highest BCUT2D eigenvalue weighted by Gasteiger charge is 2.17. The second kappa shape index (κ2) is 40.3. The Morgan fingerprint density at radius 2 is 0.898 bits per heavy atom. The number of allylic oxidation sites excluding steroid dienone is 11. The molecule has 0 aromatic heterocycles. The first-order valence-electron chi connectivity index (χ1n) is 20.7. The van der Waals surface area contributed by atoms with E-state index < -0.39 is 12.1 Å². The molecule has 4 nitrogen and oxygen atoms in total. The molecule has 0 aliphatic rings. The molecule has 0 saturated carbocycles. The molecule has 0 aromatic rings. The molecular formula is C45H79NO3. The summed E-state index contributed by atoms with van der Waals surface area (Å²) in [5.74, 6) is -0.0732. The topological polar surface area (TPSA) is 69.6 Å². The molecule has 0 aromatic carbocycles. The summed E-state index contributed by atoms with van der Waals surface area (Å²) < 4.78 is 0. The Labute approximate surface area is 304 Å². The second-order valence-corrected chi connectivity index (χ2v) is 13.7. The van der Waals surface area contributed by atoms with Crippen LogP contribution in [0, 0.1) is 0 Å². The van der Waals surface area contributed by atoms with Crippen LogP contribution in [0.2, 0.25) is 0 Å². The molecule has 4 heteroatoms. The van der Waals surface area contributed by atoms with E-state index in [1.54, 1.807) is 6.08 Å². The maximum Gasteiger partial charge on any atom is 0.220 e. The Bertz CT molecular complexity index is 868. The standard InChI is InChI=1S/C45H79NO3/c1-3-5-7-9-11-13-15-16-17-18-19-20-21-22-23-24-25-26-27-28-29-30-31-33-35-37-39-41-45(49)46-43(42-47)44(48)40-38-36-34-32-14-12-10-8-6-4-2/h5,7,11,13,16-17,19-20,22-23,38,40,43-44,47-48H,3-4,6,8-10,12,14-15,18,21,24-37,39,41-42H2,1-2H3,(H,46,49)/b7-5-,13-11-,17-16-,20-19-,23-22-,40-38+. The minimum atomic E-state index is -0.841. The van der Waals surface area contributed by atoms with Gasteiger partial charge in [0.2, 0.25) is 5.91 Å². The van der Waals surface area contributed by atoms with Crippen molar-refractivity contribution in [2.45, 2.75) is 199 Å². The van der Waals surface area contributed by atoms with E-state index in [2.05, 4.69) is 79.9 Å². The van der Waals surface area contributed by atoms with Crippen molar-refractivity contribution in [1.29, 1.82) is 0 Å². The Kier molecular flexibility index (Phi) is 38.5. The number of amides is 1. The fraction of sp³-hybridized carbons (Fsp3) is 0.711. The van der Waals surface area contributed by atoms with Crippen LogP contribution < -0.4 is 5.32 Å². The summed E-state index contributed by atoms with van der Waals surface area (Å²) in [6.45, 7) is 4.16. The van der Waals surface area contributed by atoms with Crippen LogP contribution in [-0.4, -0.2) is 34.9 Å². The minimum Gasteiger partial charge on any atom is -0.394 e. The van der Waals surface area contributed by atoms with Crippen LogP contribution in [0.25, 0.3) is 0 Å². The van der Waals surface area contributed by atoms with Gasteiger partial charge in [0, 0.05) is 6.42 Å². The lowest BCUT2D eigenvalue weighted by Crippen LogP contribution is -2.45. The zero-order valence-corrected chi connectivity index (χ0v) is 32.2. The molecule has 49 heavy (non-hydrogen) atoms. The largest absolute Gasteiger partial charge is 0.394 e. The smallest absolute Gasteiger partial charge is 0.220 e. The van der Waals surface area contributed by atoms with Gasteiger partial charge in [-0.25, -0.2) is 0 Å². The minimum absolute atomic E-state index is 0.0732. The predicted octanol–water partition coefficient (Wildman–Crippen LogP) is 12.7. The van der Waals surface area contributed by atoms with Crippen molar-refractivity contribution in [2.24, 2.45) is 0 Å². The van der Waals surface area contributed by atoms with Gasteiger partial charge < -0.3 is 15.5 Å². The van der Waals surface area contributed by atoms with Crippen LogP contribution in [-0.2, 0) is 4.79 Å². The third kappa shape index (κ3) is 36.9. The third-order valence-electron chi connectivity index (χ3n) is 8.95. The van der Waals surface area contributed by atoms with Gasteiger partial charge in [0.15, 0.2) is 0 Å². The monoisotopic (exact) mass is 682 g/mol. The predicted molar refractivity (Wildman–Crippen MR) is 216 cm³/mol. The molecular weight excluding hydrogens is 602 g/mol. The lowest BCUT2D eigenvalue weighted by Gasteiger charge is -2.20. The van der Waals surface area contributed by atoms with Gasteiger partial charge in [-0.1, -0.05) is 189 Å². The molecule has 1 amide bonds. The zero-order valence-electron chi connectivity index (χ0n) is 32.2. The maximum atomic E-state index is 12.3. The van der Waals surface area contributed by atoms with Crippen LogP contribution in [0.4, 0.5) is 0 Å². The summed E-state index contributed by atoms with van der Waals surface area (Å²) in [4.78, 5) is 12.3. The lowest BCUT2D eigenvalue weighted by atomic mass is 10.0. The number of carbonyl (C=O) groups excluding carboxylic acids is 1. The Hall–Kier alpha value is -2.17. The summed E-state index contributed by atoms with van der Waals surface area (Å²) in [6, 6.07) is -0.625. The van der Waals surface area contributed by atoms with Crippen LogP contribution >= 0.6 is 0 Å². The van der Waals surface area contributed by atoms with E-state index in [1.807, 2.05) is 6.08 Å². The van der Waals surface area contributed by atoms with Gasteiger partial charge in [-0.2, -0.15) is 0 Å². The molecule has 2 atom stereocenters. The first-order valence-corrected chi connectivity index (χ1v) is 20.7. The highest BCUT2D eigenvalue weighted by atomic mass is 16.3. The quantitative estimate of drug-likeness (QED) is 0.0455. The fourth-order valence-corrected chi connectivity index (χ4v) is 5.79. The molecule has 282 valence electrons. The number of aliphatic hydroxyl groups excluding tert-OH is 2. The van der Waals surface area contributed by atoms with E-state index in [-0.39, 0.29) is 12.5 Å². The molecule has 0 aliphatic heterocycles. The normalized spacial score (nSPS) is 13.8. The van der Waals surface area contributed by atoms with Gasteiger partial charge in [0.05, 0.1) is 18.8 Å². The lowest BCUT2D eigenvalue weighted by molar-refractivity contribution is -0.123. The average molecular weight is 682 g/mol. The van der Waals surface area contributed by atoms with E-state index in [1.165, 1.54) is 109 Å². The Balaban J connectivity index is 3.57. The van der Waals surface area contributed by atoms with Crippen molar-refractivity contribution in [2.75, 3.05) is 6.61 Å². The molecule has 0 fully saturated rings. The average Bonchev–Trinajstić information content (AvgIpc) is 3.10. The molecule has 0 radical (unpaired) electrons. The molecule has 0 heterocycles. The van der Waals surface area contributed by atoms with Crippen LogP contribution in [0.15, 0.2) is 72.9 Å². The fourth-order valence-electron chi connectivity index (χ4n) is 5.79. The summed E-state index contributed by atoms with van der Waals surface area (Å²) in [7, 11) is 0. The summed E-state index contributed by atoms with van der Waals surface area (Å²) in [6.07, 6.45) is 57.2. The summed E-state index contributed by atoms with van der Waals surface area (Å²) in [5, 5.41) is 22.9. The molecule has 0 bridgehead atoms. The molecule has 0 rings (SSSR count). The van der Waals surface area contributed by atoms with Crippen molar-refractivity contribution in [1.82, 2.24) is 5.32 Å². The third-order valence-corrected chi connectivity index (χ3v) is 8.95. The van der Waals surface area contributed by atoms with Gasteiger partial charge in [0.25, 0.3) is 0 Å². The number of aliphatic hydroxyl groups is 2. The number of hydrogen-bond acceptors (Lipinski definition) is 3. The van der Waals surface area contributed by atoms with Crippen molar-refractivity contribution < 1.29 is 15.0 Å². The Morgan fingerprint density at radius 3 is 1.35 bits per heavy atom. The van der Waals surface area contributed by atoms with Crippen molar-refractivity contribution in [3.8, 4) is 0 Å². The van der Waals surface area contributed by atoms with Gasteiger partial charge in [-0.05, 0) is 64.2 Å². The van der Waals surface area contributed by atoms with E-state index in [0.717, 1.165) is 57.8 Å². The van der Waals surface area contributed by atoms with Crippen molar-refractivity contribution >= 4 is 5.91 Å². The summed E-state index contributed by atoms with van der Waals surface area (Å²) >= 11 is 0. The molecule has 0 saturated heterocycles. The van der Waals surface area contributed by atoms with Gasteiger partial charge >= 0.3 is 0 Å². The number of nitrogens with one attached hydrogen (secondary N) is 1. The Morgan fingerprint density at radius 1 is 0.510 bits per heavy atom. The molecule has 2 unspecified atom stereocenters. The van der Waals surface area contributed by atoms with Crippen LogP contribution in [0.3, 0.4) is 0 Å².